The van der Waals surface area contributed by atoms with E-state index < -0.39 is 10.0 Å². The summed E-state index contributed by atoms with van der Waals surface area (Å²) in [6.45, 7) is 5.79. The van der Waals surface area contributed by atoms with Crippen LogP contribution in [0.5, 0.6) is 5.75 Å². The highest BCUT2D eigenvalue weighted by Gasteiger charge is 2.23. The second-order valence-corrected chi connectivity index (χ2v) is 10.4. The maximum atomic E-state index is 12.0. The fourth-order valence-electron chi connectivity index (χ4n) is 4.44. The van der Waals surface area contributed by atoms with Gasteiger partial charge in [0.25, 0.3) is 0 Å². The maximum absolute atomic E-state index is 12.0. The SMILES string of the molecule is Cc1cc(C)c(-c2ccc3c(NS(C)(=O)=O)cc(C4CCCN(C)C4)nc3n2)c(O)c1. The van der Waals surface area contributed by atoms with Crippen LogP contribution in [0.2, 0.25) is 0 Å². The minimum absolute atomic E-state index is 0.170. The summed E-state index contributed by atoms with van der Waals surface area (Å²) in [5.41, 5.74) is 4.95. The van der Waals surface area contributed by atoms with E-state index in [-0.39, 0.29) is 11.7 Å². The number of nitrogens with one attached hydrogen (secondary N) is 1. The molecular weight excluding hydrogens is 412 g/mol. The molecule has 1 unspecified atom stereocenters. The first-order chi connectivity index (χ1) is 14.6. The van der Waals surface area contributed by atoms with Crippen molar-refractivity contribution in [1.29, 1.82) is 0 Å². The first-order valence-electron chi connectivity index (χ1n) is 10.4. The van der Waals surface area contributed by atoms with Crippen molar-refractivity contribution in [1.82, 2.24) is 14.9 Å². The summed E-state index contributed by atoms with van der Waals surface area (Å²) in [6, 6.07) is 9.16. The van der Waals surface area contributed by atoms with Crippen molar-refractivity contribution >= 4 is 26.7 Å². The molecule has 0 aliphatic carbocycles. The topological polar surface area (TPSA) is 95.4 Å². The number of hydrogen-bond acceptors (Lipinski definition) is 6. The van der Waals surface area contributed by atoms with Gasteiger partial charge in [-0.2, -0.15) is 0 Å². The number of nitrogens with zero attached hydrogens (tertiary/aromatic N) is 3. The summed E-state index contributed by atoms with van der Waals surface area (Å²) in [5.74, 6) is 0.382. The van der Waals surface area contributed by atoms with Crippen LogP contribution in [0.1, 0.15) is 35.6 Å². The van der Waals surface area contributed by atoms with Crippen molar-refractivity contribution < 1.29 is 13.5 Å². The summed E-state index contributed by atoms with van der Waals surface area (Å²) in [4.78, 5) is 11.8. The quantitative estimate of drug-likeness (QED) is 0.641. The summed E-state index contributed by atoms with van der Waals surface area (Å²) in [7, 11) is -1.38. The molecule has 0 spiro atoms. The molecule has 3 heterocycles. The van der Waals surface area contributed by atoms with E-state index in [4.69, 9.17) is 9.97 Å². The molecule has 4 rings (SSSR count). The number of anilines is 1. The number of pyridine rings is 2. The van der Waals surface area contributed by atoms with Gasteiger partial charge >= 0.3 is 0 Å². The summed E-state index contributed by atoms with van der Waals surface area (Å²) in [5, 5.41) is 11.2. The number of likely N-dealkylation sites (N-methyl/N-ethyl adjacent to an activating group) is 1. The molecule has 7 nitrogen and oxygen atoms in total. The third-order valence-electron chi connectivity index (χ3n) is 5.75. The van der Waals surface area contributed by atoms with Crippen LogP contribution in [0.3, 0.4) is 0 Å². The van der Waals surface area contributed by atoms with E-state index >= 15 is 0 Å². The van der Waals surface area contributed by atoms with Crippen molar-refractivity contribution in [2.45, 2.75) is 32.6 Å². The van der Waals surface area contributed by atoms with Gasteiger partial charge in [-0.3, -0.25) is 4.72 Å². The average molecular weight is 441 g/mol. The van der Waals surface area contributed by atoms with Crippen LogP contribution in [-0.4, -0.2) is 54.8 Å². The van der Waals surface area contributed by atoms with Crippen molar-refractivity contribution in [3.63, 3.8) is 0 Å². The predicted molar refractivity (Wildman–Crippen MR) is 124 cm³/mol. The molecule has 1 aliphatic heterocycles. The van der Waals surface area contributed by atoms with Crippen LogP contribution in [0.15, 0.2) is 30.3 Å². The Labute approximate surface area is 183 Å². The molecule has 0 bridgehead atoms. The second kappa shape index (κ2) is 8.09. The van der Waals surface area contributed by atoms with Crippen LogP contribution in [-0.2, 0) is 10.0 Å². The van der Waals surface area contributed by atoms with Gasteiger partial charge in [0.1, 0.15) is 5.75 Å². The Bertz CT molecular complexity index is 1230. The van der Waals surface area contributed by atoms with Crippen molar-refractivity contribution in [2.24, 2.45) is 0 Å². The number of aryl methyl sites for hydroxylation is 2. The fraction of sp³-hybridized carbons (Fsp3) is 0.391. The van der Waals surface area contributed by atoms with Crippen molar-refractivity contribution in [3.05, 3.63) is 47.2 Å². The molecule has 31 heavy (non-hydrogen) atoms. The van der Waals surface area contributed by atoms with Gasteiger partial charge in [0, 0.05) is 29.1 Å². The van der Waals surface area contributed by atoms with E-state index in [1.807, 2.05) is 32.0 Å². The molecular formula is C23H28N4O3S. The minimum Gasteiger partial charge on any atom is -0.507 e. The minimum atomic E-state index is -3.46. The Balaban J connectivity index is 1.89. The maximum Gasteiger partial charge on any atom is 0.229 e. The van der Waals surface area contributed by atoms with E-state index in [9.17, 15) is 13.5 Å². The Morgan fingerprint density at radius 2 is 1.94 bits per heavy atom. The Morgan fingerprint density at radius 3 is 2.61 bits per heavy atom. The van der Waals surface area contributed by atoms with Crippen molar-refractivity contribution in [3.8, 4) is 17.0 Å². The predicted octanol–water partition coefficient (Wildman–Crippen LogP) is 3.80. The molecule has 1 aromatic carbocycles. The summed E-state index contributed by atoms with van der Waals surface area (Å²) >= 11 is 0. The van der Waals surface area contributed by atoms with Gasteiger partial charge in [0.2, 0.25) is 10.0 Å². The number of phenols is 1. The van der Waals surface area contributed by atoms with E-state index in [2.05, 4.69) is 16.7 Å². The molecule has 1 aliphatic rings. The van der Waals surface area contributed by atoms with Gasteiger partial charge in [-0.25, -0.2) is 18.4 Å². The van der Waals surface area contributed by atoms with Crippen LogP contribution < -0.4 is 4.72 Å². The summed E-state index contributed by atoms with van der Waals surface area (Å²) in [6.07, 6.45) is 3.21. The van der Waals surface area contributed by atoms with Gasteiger partial charge in [-0.05, 0) is 75.7 Å². The number of hydrogen-bond donors (Lipinski definition) is 2. The zero-order valence-electron chi connectivity index (χ0n) is 18.3. The lowest BCUT2D eigenvalue weighted by molar-refractivity contribution is 0.248. The molecule has 2 N–H and O–H groups in total. The monoisotopic (exact) mass is 440 g/mol. The molecule has 0 saturated carbocycles. The summed E-state index contributed by atoms with van der Waals surface area (Å²) < 4.78 is 26.6. The third kappa shape index (κ3) is 4.65. The molecule has 164 valence electrons. The van der Waals surface area contributed by atoms with Crippen molar-refractivity contribution in [2.75, 3.05) is 31.1 Å². The zero-order valence-corrected chi connectivity index (χ0v) is 19.1. The highest BCUT2D eigenvalue weighted by Crippen LogP contribution is 2.35. The fourth-order valence-corrected chi connectivity index (χ4v) is 5.01. The number of likely N-dealkylation sites (tertiary alicyclic amines) is 1. The number of aromatic nitrogens is 2. The van der Waals surface area contributed by atoms with Gasteiger partial charge in [0.05, 0.1) is 17.6 Å². The van der Waals surface area contributed by atoms with Gasteiger partial charge in [-0.15, -0.1) is 0 Å². The number of benzene rings is 1. The molecule has 1 fully saturated rings. The third-order valence-corrected chi connectivity index (χ3v) is 6.34. The number of piperidine rings is 1. The first kappa shape index (κ1) is 21.5. The van der Waals surface area contributed by atoms with E-state index in [0.29, 0.717) is 28.0 Å². The van der Waals surface area contributed by atoms with Crippen LogP contribution in [0.4, 0.5) is 5.69 Å². The highest BCUT2D eigenvalue weighted by atomic mass is 32.2. The number of aromatic hydroxyl groups is 1. The number of sulfonamides is 1. The molecule has 3 aromatic rings. The lowest BCUT2D eigenvalue weighted by Gasteiger charge is -2.29. The highest BCUT2D eigenvalue weighted by molar-refractivity contribution is 7.92. The number of fused-ring (bicyclic) bond motifs is 1. The lowest BCUT2D eigenvalue weighted by atomic mass is 9.94. The number of rotatable bonds is 4. The van der Waals surface area contributed by atoms with E-state index in [0.717, 1.165) is 49.0 Å². The molecule has 0 radical (unpaired) electrons. The lowest BCUT2D eigenvalue weighted by Crippen LogP contribution is -2.31. The average Bonchev–Trinajstić information content (AvgIpc) is 2.65. The molecule has 0 amide bonds. The molecule has 1 atom stereocenters. The standard InChI is InChI=1S/C23H28N4O3S/c1-14-10-15(2)22(21(28)11-14)18-8-7-17-20(26-31(4,29)30)12-19(25-23(17)24-18)16-6-5-9-27(3)13-16/h7-8,10-12,16,28H,5-6,9,13H2,1-4H3,(H,24,25,26). The Kier molecular flexibility index (Phi) is 5.61. The van der Waals surface area contributed by atoms with E-state index in [1.54, 1.807) is 12.1 Å². The van der Waals surface area contributed by atoms with Gasteiger partial charge in [-0.1, -0.05) is 6.07 Å². The van der Waals surface area contributed by atoms with Gasteiger partial charge in [0.15, 0.2) is 5.65 Å². The van der Waals surface area contributed by atoms with Crippen LogP contribution in [0.25, 0.3) is 22.3 Å². The molecule has 1 saturated heterocycles. The smallest absolute Gasteiger partial charge is 0.229 e. The van der Waals surface area contributed by atoms with Gasteiger partial charge < -0.3 is 10.0 Å². The Morgan fingerprint density at radius 1 is 1.16 bits per heavy atom. The normalized spacial score (nSPS) is 17.7. The van der Waals surface area contributed by atoms with Crippen LogP contribution in [0, 0.1) is 13.8 Å². The zero-order chi connectivity index (χ0) is 22.3. The molecule has 8 heteroatoms. The number of phenolic OH excluding ortho intramolecular Hbond substituents is 1. The van der Waals surface area contributed by atoms with Crippen LogP contribution >= 0.6 is 0 Å². The first-order valence-corrected chi connectivity index (χ1v) is 12.3. The van der Waals surface area contributed by atoms with E-state index in [1.165, 1.54) is 0 Å². The molecule has 2 aromatic heterocycles. The largest absolute Gasteiger partial charge is 0.507 e. The second-order valence-electron chi connectivity index (χ2n) is 8.61. The Hall–Kier alpha value is -2.71.